The molecular weight excluding hydrogens is 387 g/mol. The van der Waals surface area contributed by atoms with E-state index in [9.17, 15) is 9.36 Å². The number of phosphoric acid groups is 1. The summed E-state index contributed by atoms with van der Waals surface area (Å²) in [5.41, 5.74) is 0.232. The van der Waals surface area contributed by atoms with Crippen LogP contribution >= 0.6 is 42.6 Å². The van der Waals surface area contributed by atoms with Crippen LogP contribution in [0.3, 0.4) is 0 Å². The zero-order chi connectivity index (χ0) is 17.6. The van der Waals surface area contributed by atoms with E-state index in [2.05, 4.69) is 9.84 Å². The molecule has 1 amide bonds. The second-order valence-corrected chi connectivity index (χ2v) is 6.87. The van der Waals surface area contributed by atoms with Crippen LogP contribution in [0.4, 0.5) is 0 Å². The SMILES string of the molecule is CCCCNC(=O)C(=Cc1cc(Cl)c(Cl)cc1Cl)OP(=O)(O)O. The zero-order valence-electron chi connectivity index (χ0n) is 12.1. The third kappa shape index (κ3) is 7.12. The second-order valence-electron chi connectivity index (χ2n) is 4.49. The van der Waals surface area contributed by atoms with Crippen LogP contribution in [-0.4, -0.2) is 22.2 Å². The third-order valence-electron chi connectivity index (χ3n) is 2.58. The topological polar surface area (TPSA) is 95.9 Å². The summed E-state index contributed by atoms with van der Waals surface area (Å²) >= 11 is 17.7. The molecule has 0 radical (unpaired) electrons. The number of hydrogen-bond donors (Lipinski definition) is 3. The Morgan fingerprint density at radius 2 is 1.87 bits per heavy atom. The number of unbranched alkanes of at least 4 members (excludes halogenated alkanes) is 1. The van der Waals surface area contributed by atoms with Crippen LogP contribution in [0.5, 0.6) is 0 Å². The van der Waals surface area contributed by atoms with Crippen molar-refractivity contribution in [2.24, 2.45) is 0 Å². The maximum atomic E-state index is 12.0. The molecule has 0 saturated heterocycles. The number of rotatable bonds is 7. The molecule has 0 heterocycles. The van der Waals surface area contributed by atoms with Crippen LogP contribution in [0.15, 0.2) is 17.9 Å². The minimum absolute atomic E-state index is 0.146. The zero-order valence-corrected chi connectivity index (χ0v) is 15.2. The van der Waals surface area contributed by atoms with Crippen molar-refractivity contribution in [3.05, 3.63) is 38.5 Å². The highest BCUT2D eigenvalue weighted by molar-refractivity contribution is 7.46. The van der Waals surface area contributed by atoms with Crippen LogP contribution in [-0.2, 0) is 13.9 Å². The highest BCUT2D eigenvalue weighted by atomic mass is 35.5. The Hall–Kier alpha value is -0.750. The molecule has 10 heteroatoms. The van der Waals surface area contributed by atoms with Gasteiger partial charge in [0, 0.05) is 11.6 Å². The maximum Gasteiger partial charge on any atom is 0.524 e. The predicted octanol–water partition coefficient (Wildman–Crippen LogP) is 4.01. The lowest BCUT2D eigenvalue weighted by Crippen LogP contribution is -2.26. The van der Waals surface area contributed by atoms with E-state index in [0.717, 1.165) is 12.5 Å². The first-order valence-electron chi connectivity index (χ1n) is 6.53. The second kappa shape index (κ2) is 8.92. The van der Waals surface area contributed by atoms with Crippen LogP contribution < -0.4 is 5.32 Å². The monoisotopic (exact) mass is 401 g/mol. The highest BCUT2D eigenvalue weighted by Gasteiger charge is 2.23. The maximum absolute atomic E-state index is 12.0. The summed E-state index contributed by atoms with van der Waals surface area (Å²) in [7, 11) is -4.92. The Bertz CT molecular complexity index is 659. The molecule has 0 fully saturated rings. The molecule has 0 bridgehead atoms. The van der Waals surface area contributed by atoms with Gasteiger partial charge in [0.05, 0.1) is 10.0 Å². The van der Waals surface area contributed by atoms with Crippen LogP contribution in [0.1, 0.15) is 25.3 Å². The molecule has 0 saturated carbocycles. The minimum Gasteiger partial charge on any atom is -0.398 e. The largest absolute Gasteiger partial charge is 0.524 e. The molecule has 0 atom stereocenters. The normalized spacial score (nSPS) is 12.2. The summed E-state index contributed by atoms with van der Waals surface area (Å²) in [4.78, 5) is 29.9. The van der Waals surface area contributed by atoms with Gasteiger partial charge in [0.2, 0.25) is 0 Å². The van der Waals surface area contributed by atoms with Gasteiger partial charge in [-0.25, -0.2) is 4.57 Å². The lowest BCUT2D eigenvalue weighted by Gasteiger charge is -2.12. The van der Waals surface area contributed by atoms with Crippen molar-refractivity contribution >= 4 is 54.6 Å². The van der Waals surface area contributed by atoms with E-state index in [0.29, 0.717) is 13.0 Å². The average molecular weight is 403 g/mol. The van der Waals surface area contributed by atoms with Gasteiger partial charge in [-0.1, -0.05) is 48.1 Å². The Balaban J connectivity index is 3.15. The highest BCUT2D eigenvalue weighted by Crippen LogP contribution is 2.40. The third-order valence-corrected chi connectivity index (χ3v) is 4.07. The van der Waals surface area contributed by atoms with Crippen molar-refractivity contribution in [2.75, 3.05) is 6.54 Å². The van der Waals surface area contributed by atoms with E-state index in [-0.39, 0.29) is 20.6 Å². The number of amides is 1. The summed E-state index contributed by atoms with van der Waals surface area (Å²) in [6.45, 7) is 2.27. The number of carbonyl (C=O) groups excluding carboxylic acids is 1. The fourth-order valence-corrected chi connectivity index (χ4v) is 2.52. The average Bonchev–Trinajstić information content (AvgIpc) is 2.42. The lowest BCUT2D eigenvalue weighted by atomic mass is 10.2. The first kappa shape index (κ1) is 20.3. The van der Waals surface area contributed by atoms with Gasteiger partial charge in [-0.3, -0.25) is 14.6 Å². The summed E-state index contributed by atoms with van der Waals surface area (Å²) in [6, 6.07) is 2.70. The van der Waals surface area contributed by atoms with Crippen molar-refractivity contribution in [1.82, 2.24) is 5.32 Å². The summed E-state index contributed by atoms with van der Waals surface area (Å²) in [6.07, 6.45) is 2.64. The molecule has 0 aliphatic heterocycles. The standard InChI is InChI=1S/C13H15Cl3NO5P/c1-2-3-4-17-13(18)12(22-23(19,20)21)6-8-5-10(15)11(16)7-9(8)14/h5-7H,2-4H2,1H3,(H,17,18)(H2,19,20,21). The summed E-state index contributed by atoms with van der Waals surface area (Å²) in [5, 5.41) is 3.02. The van der Waals surface area contributed by atoms with Crippen molar-refractivity contribution in [3.8, 4) is 0 Å². The molecule has 0 aliphatic rings. The first-order valence-corrected chi connectivity index (χ1v) is 9.20. The minimum atomic E-state index is -4.92. The molecule has 1 aromatic rings. The Morgan fingerprint density at radius 1 is 1.26 bits per heavy atom. The fraction of sp³-hybridized carbons (Fsp3) is 0.308. The molecule has 1 aromatic carbocycles. The summed E-state index contributed by atoms with van der Waals surface area (Å²) < 4.78 is 15.5. The molecule has 128 valence electrons. The van der Waals surface area contributed by atoms with Gasteiger partial charge in [0.15, 0.2) is 5.76 Å². The number of halogens is 3. The number of hydrogen-bond acceptors (Lipinski definition) is 3. The van der Waals surface area contributed by atoms with Crippen molar-refractivity contribution in [1.29, 1.82) is 0 Å². The number of benzene rings is 1. The van der Waals surface area contributed by atoms with Crippen LogP contribution in [0.2, 0.25) is 15.1 Å². The van der Waals surface area contributed by atoms with Gasteiger partial charge < -0.3 is 9.84 Å². The molecule has 0 aromatic heterocycles. The first-order chi connectivity index (χ1) is 10.6. The van der Waals surface area contributed by atoms with Gasteiger partial charge in [-0.2, -0.15) is 0 Å². The molecule has 23 heavy (non-hydrogen) atoms. The fourth-order valence-electron chi connectivity index (χ4n) is 1.52. The molecule has 0 aliphatic carbocycles. The number of phosphoric ester groups is 1. The summed E-state index contributed by atoms with van der Waals surface area (Å²) in [5.74, 6) is -1.35. The van der Waals surface area contributed by atoms with Gasteiger partial charge in [0.1, 0.15) is 0 Å². The molecule has 3 N–H and O–H groups in total. The van der Waals surface area contributed by atoms with Crippen LogP contribution in [0.25, 0.3) is 6.08 Å². The van der Waals surface area contributed by atoms with E-state index >= 15 is 0 Å². The van der Waals surface area contributed by atoms with E-state index < -0.39 is 19.5 Å². The molecular formula is C13H15Cl3NO5P. The Kier molecular flexibility index (Phi) is 7.87. The number of nitrogens with one attached hydrogen (secondary N) is 1. The molecule has 6 nitrogen and oxygen atoms in total. The van der Waals surface area contributed by atoms with Gasteiger partial charge in [0.25, 0.3) is 5.91 Å². The Morgan fingerprint density at radius 3 is 2.43 bits per heavy atom. The van der Waals surface area contributed by atoms with Crippen molar-refractivity contribution in [2.45, 2.75) is 19.8 Å². The van der Waals surface area contributed by atoms with E-state index in [1.807, 2.05) is 6.92 Å². The van der Waals surface area contributed by atoms with Gasteiger partial charge in [-0.15, -0.1) is 0 Å². The van der Waals surface area contributed by atoms with E-state index in [1.54, 1.807) is 0 Å². The Labute approximate surface area is 148 Å². The van der Waals surface area contributed by atoms with Crippen molar-refractivity contribution in [3.63, 3.8) is 0 Å². The predicted molar refractivity (Wildman–Crippen MR) is 90.5 cm³/mol. The molecule has 0 spiro atoms. The van der Waals surface area contributed by atoms with E-state index in [1.165, 1.54) is 12.1 Å². The number of carbonyl (C=O) groups is 1. The van der Waals surface area contributed by atoms with E-state index in [4.69, 9.17) is 44.6 Å². The lowest BCUT2D eigenvalue weighted by molar-refractivity contribution is -0.119. The van der Waals surface area contributed by atoms with Gasteiger partial charge >= 0.3 is 7.82 Å². The van der Waals surface area contributed by atoms with Crippen LogP contribution in [0, 0.1) is 0 Å². The quantitative estimate of drug-likeness (QED) is 0.210. The van der Waals surface area contributed by atoms with Crippen molar-refractivity contribution < 1.29 is 23.7 Å². The molecule has 0 unspecified atom stereocenters. The van der Waals surface area contributed by atoms with Gasteiger partial charge in [-0.05, 0) is 30.2 Å². The smallest absolute Gasteiger partial charge is 0.398 e. The molecule has 1 rings (SSSR count).